The van der Waals surface area contributed by atoms with Gasteiger partial charge in [-0.3, -0.25) is 4.57 Å². The molecule has 5 rings (SSSR count). The number of nitrogens with zero attached hydrogens (tertiary/aromatic N) is 3. The maximum Gasteiger partial charge on any atom is 0.196 e. The van der Waals surface area contributed by atoms with Gasteiger partial charge in [-0.25, -0.2) is 0 Å². The molecule has 0 saturated heterocycles. The monoisotopic (exact) mass is 493 g/mol. The zero-order valence-electron chi connectivity index (χ0n) is 16.8. The molecule has 0 N–H and O–H groups in total. The summed E-state index contributed by atoms with van der Waals surface area (Å²) in [5, 5.41) is 12.3. The second-order valence-corrected chi connectivity index (χ2v) is 9.84. The lowest BCUT2D eigenvalue weighted by Gasteiger charge is -2.09. The molecular weight excluding hydrogens is 477 g/mol. The van der Waals surface area contributed by atoms with E-state index in [2.05, 4.69) is 40.5 Å². The number of benzene rings is 3. The molecule has 2 aromatic heterocycles. The van der Waals surface area contributed by atoms with Crippen LogP contribution in [-0.4, -0.2) is 20.5 Å². The van der Waals surface area contributed by atoms with Gasteiger partial charge in [-0.05, 0) is 35.9 Å². The number of fused-ring (bicyclic) bond motifs is 1. The molecule has 3 aromatic carbocycles. The van der Waals surface area contributed by atoms with Crippen LogP contribution in [0.4, 0.5) is 0 Å². The van der Waals surface area contributed by atoms with Gasteiger partial charge >= 0.3 is 0 Å². The van der Waals surface area contributed by atoms with Crippen LogP contribution in [0.25, 0.3) is 32.6 Å². The Morgan fingerprint density at radius 1 is 0.875 bits per heavy atom. The third-order valence-corrected chi connectivity index (χ3v) is 7.68. The number of hydrogen-bond donors (Lipinski definition) is 0. The van der Waals surface area contributed by atoms with Crippen LogP contribution in [0.15, 0.2) is 90.1 Å². The minimum Gasteiger partial charge on any atom is -0.269 e. The van der Waals surface area contributed by atoms with E-state index in [1.807, 2.05) is 65.2 Å². The van der Waals surface area contributed by atoms with Crippen molar-refractivity contribution < 1.29 is 0 Å². The van der Waals surface area contributed by atoms with Crippen LogP contribution in [0.3, 0.4) is 0 Å². The van der Waals surface area contributed by atoms with Crippen LogP contribution in [0.1, 0.15) is 5.56 Å². The second kappa shape index (κ2) is 9.51. The van der Waals surface area contributed by atoms with E-state index in [-0.39, 0.29) is 0 Å². The summed E-state index contributed by atoms with van der Waals surface area (Å²) in [5.41, 5.74) is 2.11. The predicted molar refractivity (Wildman–Crippen MR) is 138 cm³/mol. The van der Waals surface area contributed by atoms with Gasteiger partial charge in [0.1, 0.15) is 0 Å². The van der Waals surface area contributed by atoms with Crippen molar-refractivity contribution in [1.29, 1.82) is 0 Å². The van der Waals surface area contributed by atoms with Crippen LogP contribution in [0.5, 0.6) is 0 Å². The summed E-state index contributed by atoms with van der Waals surface area (Å²) in [4.78, 5) is 0.905. The molecule has 0 aliphatic carbocycles. The lowest BCUT2D eigenvalue weighted by atomic mass is 10.2. The second-order valence-electron chi connectivity index (χ2n) is 6.98. The molecule has 32 heavy (non-hydrogen) atoms. The lowest BCUT2D eigenvalue weighted by molar-refractivity contribution is 0.888. The SMILES string of the molecule is Clc1ccc(-n2c(SCC=Cc3ccccc3)nnc2-c2sc3ccccc3c2Cl)cc1. The van der Waals surface area contributed by atoms with E-state index in [1.54, 1.807) is 23.1 Å². The van der Waals surface area contributed by atoms with Crippen LogP contribution in [-0.2, 0) is 0 Å². The van der Waals surface area contributed by atoms with Crippen molar-refractivity contribution >= 4 is 62.5 Å². The summed E-state index contributed by atoms with van der Waals surface area (Å²) in [6, 6.07) is 26.1. The number of aromatic nitrogens is 3. The molecule has 0 atom stereocenters. The molecule has 0 amide bonds. The molecule has 0 saturated carbocycles. The Hall–Kier alpha value is -2.57. The van der Waals surface area contributed by atoms with Crippen molar-refractivity contribution in [2.75, 3.05) is 5.75 Å². The molecule has 3 nitrogen and oxygen atoms in total. The van der Waals surface area contributed by atoms with Gasteiger partial charge in [0.2, 0.25) is 0 Å². The van der Waals surface area contributed by atoms with E-state index in [9.17, 15) is 0 Å². The molecule has 0 bridgehead atoms. The standard InChI is InChI=1S/C25H17Cl2N3S2/c26-18-12-14-19(15-13-18)30-24(23-22(27)20-10-4-5-11-21(20)32-23)28-29-25(30)31-16-6-9-17-7-2-1-3-8-17/h1-15H,16H2. The van der Waals surface area contributed by atoms with Crippen molar-refractivity contribution in [2.24, 2.45) is 0 Å². The molecule has 0 aliphatic heterocycles. The Morgan fingerprint density at radius 3 is 2.41 bits per heavy atom. The van der Waals surface area contributed by atoms with E-state index in [4.69, 9.17) is 23.2 Å². The molecule has 158 valence electrons. The van der Waals surface area contributed by atoms with Crippen molar-refractivity contribution in [1.82, 2.24) is 14.8 Å². The van der Waals surface area contributed by atoms with Gasteiger partial charge in [0.15, 0.2) is 11.0 Å². The summed E-state index contributed by atoms with van der Waals surface area (Å²) in [6.07, 6.45) is 4.24. The minimum absolute atomic E-state index is 0.684. The van der Waals surface area contributed by atoms with Crippen molar-refractivity contribution in [3.63, 3.8) is 0 Å². The summed E-state index contributed by atoms with van der Waals surface area (Å²) >= 11 is 16.2. The van der Waals surface area contributed by atoms with Crippen LogP contribution >= 0.6 is 46.3 Å². The highest BCUT2D eigenvalue weighted by Crippen LogP contribution is 2.42. The molecular formula is C25H17Cl2N3S2. The molecule has 0 aliphatic rings. The summed E-state index contributed by atoms with van der Waals surface area (Å²) in [7, 11) is 0. The first-order valence-corrected chi connectivity index (χ1v) is 12.5. The predicted octanol–water partition coefficient (Wildman–Crippen LogP) is 8.26. The zero-order chi connectivity index (χ0) is 21.9. The Bertz CT molecular complexity index is 1390. The summed E-state index contributed by atoms with van der Waals surface area (Å²) in [5.74, 6) is 1.49. The lowest BCUT2D eigenvalue weighted by Crippen LogP contribution is -1.99. The number of hydrogen-bond acceptors (Lipinski definition) is 4. The molecule has 0 spiro atoms. The normalized spacial score (nSPS) is 11.6. The first-order chi connectivity index (χ1) is 15.7. The highest BCUT2D eigenvalue weighted by molar-refractivity contribution is 7.99. The van der Waals surface area contributed by atoms with E-state index in [0.717, 1.165) is 37.4 Å². The molecule has 7 heteroatoms. The quantitative estimate of drug-likeness (QED) is 0.223. The molecule has 0 unspecified atom stereocenters. The number of thioether (sulfide) groups is 1. The highest BCUT2D eigenvalue weighted by Gasteiger charge is 2.21. The van der Waals surface area contributed by atoms with Crippen molar-refractivity contribution in [3.05, 3.63) is 101 Å². The smallest absolute Gasteiger partial charge is 0.196 e. The summed E-state index contributed by atoms with van der Waals surface area (Å²) < 4.78 is 3.17. The Balaban J connectivity index is 1.52. The van der Waals surface area contributed by atoms with Crippen LogP contribution < -0.4 is 0 Å². The van der Waals surface area contributed by atoms with E-state index >= 15 is 0 Å². The zero-order valence-corrected chi connectivity index (χ0v) is 19.9. The maximum absolute atomic E-state index is 6.77. The molecule has 0 fully saturated rings. The average molecular weight is 494 g/mol. The third kappa shape index (κ3) is 4.34. The fourth-order valence-corrected chi connectivity index (χ4v) is 5.74. The van der Waals surface area contributed by atoms with Crippen molar-refractivity contribution in [3.8, 4) is 16.4 Å². The van der Waals surface area contributed by atoms with Crippen LogP contribution in [0, 0.1) is 0 Å². The first kappa shape index (κ1) is 21.3. The summed E-state index contributed by atoms with van der Waals surface area (Å²) in [6.45, 7) is 0. The van der Waals surface area contributed by atoms with Gasteiger partial charge in [0, 0.05) is 26.5 Å². The Kier molecular flexibility index (Phi) is 6.32. The highest BCUT2D eigenvalue weighted by atomic mass is 35.5. The van der Waals surface area contributed by atoms with Gasteiger partial charge in [-0.15, -0.1) is 21.5 Å². The first-order valence-electron chi connectivity index (χ1n) is 9.94. The van der Waals surface area contributed by atoms with Gasteiger partial charge < -0.3 is 0 Å². The van der Waals surface area contributed by atoms with Gasteiger partial charge in [0.25, 0.3) is 0 Å². The minimum atomic E-state index is 0.684. The third-order valence-electron chi connectivity index (χ3n) is 4.87. The van der Waals surface area contributed by atoms with Gasteiger partial charge in [-0.2, -0.15) is 0 Å². The van der Waals surface area contributed by atoms with E-state index < -0.39 is 0 Å². The Morgan fingerprint density at radius 2 is 1.62 bits per heavy atom. The van der Waals surface area contributed by atoms with Crippen LogP contribution in [0.2, 0.25) is 10.0 Å². The average Bonchev–Trinajstić information content (AvgIpc) is 3.39. The molecule has 2 heterocycles. The Labute approximate surface area is 204 Å². The fraction of sp³-hybridized carbons (Fsp3) is 0.0400. The molecule has 5 aromatic rings. The number of thiophene rings is 1. The van der Waals surface area contributed by atoms with Gasteiger partial charge in [-0.1, -0.05) is 95.6 Å². The number of rotatable bonds is 6. The van der Waals surface area contributed by atoms with Gasteiger partial charge in [0.05, 0.1) is 9.90 Å². The van der Waals surface area contributed by atoms with E-state index in [1.165, 1.54) is 5.56 Å². The number of halogens is 2. The maximum atomic E-state index is 6.77. The fourth-order valence-electron chi connectivity index (χ4n) is 3.36. The largest absolute Gasteiger partial charge is 0.269 e. The van der Waals surface area contributed by atoms with Crippen molar-refractivity contribution in [2.45, 2.75) is 5.16 Å². The molecule has 0 radical (unpaired) electrons. The topological polar surface area (TPSA) is 30.7 Å². The van der Waals surface area contributed by atoms with E-state index in [0.29, 0.717) is 10.0 Å².